The van der Waals surface area contributed by atoms with E-state index in [4.69, 9.17) is 0 Å². The minimum absolute atomic E-state index is 0.105. The average molecular weight is 287 g/mol. The van der Waals surface area contributed by atoms with Gasteiger partial charge in [0.2, 0.25) is 0 Å². The zero-order valence-electron chi connectivity index (χ0n) is 13.0. The lowest BCUT2D eigenvalue weighted by Crippen LogP contribution is -2.24. The fourth-order valence-electron chi connectivity index (χ4n) is 2.33. The van der Waals surface area contributed by atoms with Crippen LogP contribution in [0.25, 0.3) is 0 Å². The van der Waals surface area contributed by atoms with Gasteiger partial charge in [-0.15, -0.1) is 0 Å². The van der Waals surface area contributed by atoms with Crippen LogP contribution in [0.4, 0.5) is 4.39 Å². The minimum Gasteiger partial charge on any atom is -0.385 e. The molecule has 0 spiro atoms. The van der Waals surface area contributed by atoms with Crippen molar-refractivity contribution in [1.29, 1.82) is 0 Å². The first-order chi connectivity index (χ1) is 9.68. The molecule has 0 amide bonds. The molecular formula is C18H22FNO. The SMILES string of the molecule is CC(C)(C)c1ccc(CC(C)(O)c2cncc(F)c2)cc1. The fraction of sp³-hybridized carbons (Fsp3) is 0.389. The van der Waals surface area contributed by atoms with Gasteiger partial charge in [-0.3, -0.25) is 4.98 Å². The summed E-state index contributed by atoms with van der Waals surface area (Å²) in [6.45, 7) is 8.17. The number of benzene rings is 1. The van der Waals surface area contributed by atoms with E-state index in [2.05, 4.69) is 37.9 Å². The van der Waals surface area contributed by atoms with E-state index < -0.39 is 11.4 Å². The Morgan fingerprint density at radius 2 is 1.62 bits per heavy atom. The lowest BCUT2D eigenvalue weighted by atomic mass is 9.85. The summed E-state index contributed by atoms with van der Waals surface area (Å²) < 4.78 is 13.2. The first-order valence-corrected chi connectivity index (χ1v) is 7.11. The first kappa shape index (κ1) is 15.6. The number of hydrogen-bond donors (Lipinski definition) is 1. The van der Waals surface area contributed by atoms with E-state index in [1.54, 1.807) is 6.92 Å². The van der Waals surface area contributed by atoms with Crippen LogP contribution in [0.5, 0.6) is 0 Å². The molecule has 0 saturated heterocycles. The average Bonchev–Trinajstić information content (AvgIpc) is 2.38. The molecule has 1 aromatic heterocycles. The van der Waals surface area contributed by atoms with Gasteiger partial charge in [0.1, 0.15) is 5.82 Å². The van der Waals surface area contributed by atoms with Crippen LogP contribution in [0, 0.1) is 5.82 Å². The highest BCUT2D eigenvalue weighted by atomic mass is 19.1. The summed E-state index contributed by atoms with van der Waals surface area (Å²) in [4.78, 5) is 3.80. The van der Waals surface area contributed by atoms with Crippen LogP contribution in [-0.4, -0.2) is 10.1 Å². The van der Waals surface area contributed by atoms with Crippen molar-refractivity contribution in [2.24, 2.45) is 0 Å². The summed E-state index contributed by atoms with van der Waals surface area (Å²) in [7, 11) is 0. The lowest BCUT2D eigenvalue weighted by Gasteiger charge is -2.24. The Hall–Kier alpha value is -1.74. The Kier molecular flexibility index (Phi) is 4.15. The molecule has 0 bridgehead atoms. The quantitative estimate of drug-likeness (QED) is 0.926. The molecule has 21 heavy (non-hydrogen) atoms. The Bertz CT molecular complexity index is 612. The smallest absolute Gasteiger partial charge is 0.141 e. The molecule has 0 saturated carbocycles. The topological polar surface area (TPSA) is 33.1 Å². The Morgan fingerprint density at radius 1 is 1.00 bits per heavy atom. The van der Waals surface area contributed by atoms with E-state index in [1.165, 1.54) is 17.8 Å². The van der Waals surface area contributed by atoms with Gasteiger partial charge in [0.05, 0.1) is 11.8 Å². The number of nitrogens with zero attached hydrogens (tertiary/aromatic N) is 1. The monoisotopic (exact) mass is 287 g/mol. The molecule has 2 rings (SSSR count). The summed E-state index contributed by atoms with van der Waals surface area (Å²) in [5, 5.41) is 10.6. The molecule has 0 aliphatic heterocycles. The molecule has 0 aliphatic rings. The van der Waals surface area contributed by atoms with Crippen LogP contribution in [0.2, 0.25) is 0 Å². The van der Waals surface area contributed by atoms with E-state index >= 15 is 0 Å². The van der Waals surface area contributed by atoms with Crippen molar-refractivity contribution in [1.82, 2.24) is 4.98 Å². The zero-order valence-corrected chi connectivity index (χ0v) is 13.0. The number of pyridine rings is 1. The molecule has 0 radical (unpaired) electrons. The van der Waals surface area contributed by atoms with Crippen molar-refractivity contribution in [3.05, 3.63) is 65.2 Å². The number of halogens is 1. The van der Waals surface area contributed by atoms with Gasteiger partial charge in [0.25, 0.3) is 0 Å². The summed E-state index contributed by atoms with van der Waals surface area (Å²) >= 11 is 0. The third-order valence-electron chi connectivity index (χ3n) is 3.70. The van der Waals surface area contributed by atoms with Crippen molar-refractivity contribution in [3.8, 4) is 0 Å². The van der Waals surface area contributed by atoms with Gasteiger partial charge in [0.15, 0.2) is 0 Å². The Labute approximate surface area is 125 Å². The molecule has 1 atom stereocenters. The van der Waals surface area contributed by atoms with Crippen molar-refractivity contribution < 1.29 is 9.50 Å². The molecule has 3 heteroatoms. The summed E-state index contributed by atoms with van der Waals surface area (Å²) in [5.41, 5.74) is 1.71. The molecule has 1 unspecified atom stereocenters. The maximum atomic E-state index is 13.2. The molecule has 112 valence electrons. The third kappa shape index (κ3) is 3.88. The van der Waals surface area contributed by atoms with E-state index in [0.717, 1.165) is 11.8 Å². The highest BCUT2D eigenvalue weighted by molar-refractivity contribution is 5.30. The standard InChI is InChI=1S/C18H22FNO/c1-17(2,3)14-7-5-13(6-8-14)10-18(4,21)15-9-16(19)12-20-11-15/h5-9,11-12,21H,10H2,1-4H3. The highest BCUT2D eigenvalue weighted by Crippen LogP contribution is 2.27. The number of aliphatic hydroxyl groups is 1. The lowest BCUT2D eigenvalue weighted by molar-refractivity contribution is 0.0569. The second-order valence-corrected chi connectivity index (χ2v) is 6.79. The Morgan fingerprint density at radius 3 is 2.14 bits per heavy atom. The largest absolute Gasteiger partial charge is 0.385 e. The summed E-state index contributed by atoms with van der Waals surface area (Å²) in [5.74, 6) is -0.434. The van der Waals surface area contributed by atoms with Gasteiger partial charge in [-0.1, -0.05) is 45.0 Å². The minimum atomic E-state index is -1.14. The molecular weight excluding hydrogens is 265 g/mol. The van der Waals surface area contributed by atoms with Gasteiger partial charge < -0.3 is 5.11 Å². The molecule has 1 N–H and O–H groups in total. The molecule has 0 aliphatic carbocycles. The maximum Gasteiger partial charge on any atom is 0.141 e. The van der Waals surface area contributed by atoms with Crippen molar-refractivity contribution in [2.75, 3.05) is 0 Å². The van der Waals surface area contributed by atoms with Gasteiger partial charge in [-0.05, 0) is 29.5 Å². The van der Waals surface area contributed by atoms with E-state index in [1.807, 2.05) is 12.1 Å². The third-order valence-corrected chi connectivity index (χ3v) is 3.70. The van der Waals surface area contributed by atoms with Gasteiger partial charge >= 0.3 is 0 Å². The second-order valence-electron chi connectivity index (χ2n) is 6.79. The maximum absolute atomic E-state index is 13.2. The number of rotatable bonds is 3. The molecule has 1 heterocycles. The van der Waals surface area contributed by atoms with Crippen LogP contribution >= 0.6 is 0 Å². The molecule has 2 nitrogen and oxygen atoms in total. The Balaban J connectivity index is 2.20. The van der Waals surface area contributed by atoms with Gasteiger partial charge in [-0.2, -0.15) is 0 Å². The van der Waals surface area contributed by atoms with Crippen LogP contribution in [0.3, 0.4) is 0 Å². The summed E-state index contributed by atoms with van der Waals surface area (Å²) in [6.07, 6.45) is 3.06. The highest BCUT2D eigenvalue weighted by Gasteiger charge is 2.24. The van der Waals surface area contributed by atoms with Crippen LogP contribution in [0.15, 0.2) is 42.7 Å². The predicted molar refractivity (Wildman–Crippen MR) is 82.6 cm³/mol. The van der Waals surface area contributed by atoms with E-state index in [-0.39, 0.29) is 5.41 Å². The number of aromatic nitrogens is 1. The molecule has 0 fully saturated rings. The van der Waals surface area contributed by atoms with Crippen LogP contribution in [-0.2, 0) is 17.4 Å². The summed E-state index contributed by atoms with van der Waals surface area (Å²) in [6, 6.07) is 9.52. The molecule has 2 aromatic rings. The zero-order chi connectivity index (χ0) is 15.7. The van der Waals surface area contributed by atoms with Crippen molar-refractivity contribution in [2.45, 2.75) is 45.1 Å². The predicted octanol–water partition coefficient (Wildman–Crippen LogP) is 3.97. The van der Waals surface area contributed by atoms with E-state index in [0.29, 0.717) is 12.0 Å². The van der Waals surface area contributed by atoms with Crippen LogP contribution < -0.4 is 0 Å². The van der Waals surface area contributed by atoms with Gasteiger partial charge in [0, 0.05) is 18.2 Å². The van der Waals surface area contributed by atoms with Crippen LogP contribution in [0.1, 0.15) is 44.4 Å². The molecule has 1 aromatic carbocycles. The van der Waals surface area contributed by atoms with E-state index in [9.17, 15) is 9.50 Å². The fourth-order valence-corrected chi connectivity index (χ4v) is 2.33. The second kappa shape index (κ2) is 5.57. The van der Waals surface area contributed by atoms with Crippen molar-refractivity contribution in [3.63, 3.8) is 0 Å². The first-order valence-electron chi connectivity index (χ1n) is 7.11. The van der Waals surface area contributed by atoms with Gasteiger partial charge in [-0.25, -0.2) is 4.39 Å². The number of hydrogen-bond acceptors (Lipinski definition) is 2. The van der Waals surface area contributed by atoms with Crippen molar-refractivity contribution >= 4 is 0 Å². The normalized spacial score (nSPS) is 14.8.